The van der Waals surface area contributed by atoms with Gasteiger partial charge >= 0.3 is 0 Å². The van der Waals surface area contributed by atoms with E-state index in [1.165, 1.54) is 12.8 Å². The number of likely N-dealkylation sites (tertiary alicyclic amines) is 1. The molecule has 2 aliphatic rings. The molecular formula is C24H32N4O3. The van der Waals surface area contributed by atoms with E-state index in [4.69, 9.17) is 15.2 Å². The summed E-state index contributed by atoms with van der Waals surface area (Å²) < 4.78 is 12.1. The SMILES string of the molecule is COc1cccc(CN2CCCCC2c2ncc(C(N)=O)c(C)n2)c1OC1CCCC1. The van der Waals surface area contributed by atoms with Gasteiger partial charge in [-0.15, -0.1) is 0 Å². The molecule has 2 fully saturated rings. The largest absolute Gasteiger partial charge is 0.493 e. The Morgan fingerprint density at radius 2 is 1.97 bits per heavy atom. The second-order valence-corrected chi connectivity index (χ2v) is 8.55. The van der Waals surface area contributed by atoms with E-state index in [9.17, 15) is 4.79 Å². The molecule has 0 spiro atoms. The number of benzene rings is 1. The van der Waals surface area contributed by atoms with Gasteiger partial charge in [0.15, 0.2) is 11.5 Å². The van der Waals surface area contributed by atoms with E-state index in [1.54, 1.807) is 13.3 Å². The summed E-state index contributed by atoms with van der Waals surface area (Å²) in [5.41, 5.74) is 7.57. The lowest BCUT2D eigenvalue weighted by molar-refractivity contribution is 0.0998. The molecule has 4 rings (SSSR count). The summed E-state index contributed by atoms with van der Waals surface area (Å²) >= 11 is 0. The van der Waals surface area contributed by atoms with E-state index in [0.717, 1.165) is 68.1 Å². The summed E-state index contributed by atoms with van der Waals surface area (Å²) in [6.07, 6.45) is 9.72. The normalized spacial score (nSPS) is 20.0. The maximum Gasteiger partial charge on any atom is 0.252 e. The summed E-state index contributed by atoms with van der Waals surface area (Å²) in [6, 6.07) is 6.22. The molecule has 1 aliphatic carbocycles. The molecule has 31 heavy (non-hydrogen) atoms. The minimum Gasteiger partial charge on any atom is -0.493 e. The summed E-state index contributed by atoms with van der Waals surface area (Å²) in [6.45, 7) is 3.52. The lowest BCUT2D eigenvalue weighted by Gasteiger charge is -2.35. The van der Waals surface area contributed by atoms with Gasteiger partial charge in [0, 0.05) is 18.3 Å². The molecule has 1 aromatic heterocycles. The number of nitrogens with zero attached hydrogens (tertiary/aromatic N) is 3. The van der Waals surface area contributed by atoms with Crippen molar-refractivity contribution in [2.75, 3.05) is 13.7 Å². The number of aromatic nitrogens is 2. The van der Waals surface area contributed by atoms with Gasteiger partial charge in [0.1, 0.15) is 5.82 Å². The standard InChI is InChI=1S/C24H32N4O3/c1-16-19(23(25)29)14-26-24(27-16)20-11-5-6-13-28(20)15-17-8-7-12-21(30-2)22(17)31-18-9-3-4-10-18/h7-8,12,14,18,20H,3-6,9-11,13,15H2,1-2H3,(H2,25,29). The van der Waals surface area contributed by atoms with E-state index in [1.807, 2.05) is 19.1 Å². The first kappa shape index (κ1) is 21.6. The van der Waals surface area contributed by atoms with Crippen LogP contribution in [0, 0.1) is 6.92 Å². The molecule has 1 aromatic carbocycles. The number of piperidine rings is 1. The van der Waals surface area contributed by atoms with Crippen LogP contribution in [0.3, 0.4) is 0 Å². The zero-order valence-corrected chi connectivity index (χ0v) is 18.5. The molecule has 2 heterocycles. The zero-order chi connectivity index (χ0) is 21.8. The van der Waals surface area contributed by atoms with Crippen LogP contribution in [0.1, 0.15) is 78.4 Å². The number of aryl methyl sites for hydroxylation is 1. The molecule has 166 valence electrons. The van der Waals surface area contributed by atoms with Gasteiger partial charge in [0.05, 0.1) is 30.5 Å². The summed E-state index contributed by atoms with van der Waals surface area (Å²) in [5.74, 6) is 1.91. The van der Waals surface area contributed by atoms with Gasteiger partial charge in [-0.3, -0.25) is 9.69 Å². The Labute approximate surface area is 184 Å². The first-order valence-electron chi connectivity index (χ1n) is 11.3. The molecule has 0 radical (unpaired) electrons. The Hall–Kier alpha value is -2.67. The molecular weight excluding hydrogens is 392 g/mol. The van der Waals surface area contributed by atoms with Crippen molar-refractivity contribution in [3.05, 3.63) is 47.0 Å². The van der Waals surface area contributed by atoms with Crippen LogP contribution in [0.5, 0.6) is 11.5 Å². The van der Waals surface area contributed by atoms with Gasteiger partial charge in [-0.1, -0.05) is 18.6 Å². The van der Waals surface area contributed by atoms with Gasteiger partial charge < -0.3 is 15.2 Å². The van der Waals surface area contributed by atoms with Crippen LogP contribution in [0.25, 0.3) is 0 Å². The van der Waals surface area contributed by atoms with Crippen LogP contribution >= 0.6 is 0 Å². The van der Waals surface area contributed by atoms with Crippen LogP contribution in [-0.2, 0) is 6.54 Å². The van der Waals surface area contributed by atoms with Gasteiger partial charge in [-0.05, 0) is 58.1 Å². The van der Waals surface area contributed by atoms with Crippen molar-refractivity contribution >= 4 is 5.91 Å². The second-order valence-electron chi connectivity index (χ2n) is 8.55. The van der Waals surface area contributed by atoms with Gasteiger partial charge in [0.2, 0.25) is 0 Å². The Kier molecular flexibility index (Phi) is 6.70. The molecule has 1 saturated heterocycles. The Bertz CT molecular complexity index is 927. The number of hydrogen-bond donors (Lipinski definition) is 1. The van der Waals surface area contributed by atoms with Crippen LogP contribution in [-0.4, -0.2) is 40.5 Å². The maximum absolute atomic E-state index is 11.6. The van der Waals surface area contributed by atoms with E-state index >= 15 is 0 Å². The van der Waals surface area contributed by atoms with Crippen LogP contribution in [0.2, 0.25) is 0 Å². The highest BCUT2D eigenvalue weighted by Gasteiger charge is 2.29. The van der Waals surface area contributed by atoms with Crippen LogP contribution in [0.4, 0.5) is 0 Å². The molecule has 1 atom stereocenters. The first-order chi connectivity index (χ1) is 15.1. The Balaban J connectivity index is 1.60. The molecule has 1 unspecified atom stereocenters. The molecule has 1 aliphatic heterocycles. The van der Waals surface area contributed by atoms with E-state index < -0.39 is 5.91 Å². The quantitative estimate of drug-likeness (QED) is 0.724. The van der Waals surface area contributed by atoms with Crippen LogP contribution < -0.4 is 15.2 Å². The van der Waals surface area contributed by atoms with Crippen molar-refractivity contribution in [1.82, 2.24) is 14.9 Å². The second kappa shape index (κ2) is 9.64. The van der Waals surface area contributed by atoms with Crippen molar-refractivity contribution in [2.45, 2.75) is 70.6 Å². The average molecular weight is 425 g/mol. The highest BCUT2D eigenvalue weighted by atomic mass is 16.5. The van der Waals surface area contributed by atoms with Crippen molar-refractivity contribution in [2.24, 2.45) is 5.73 Å². The third-order valence-electron chi connectivity index (χ3n) is 6.42. The lowest BCUT2D eigenvalue weighted by Crippen LogP contribution is -2.34. The van der Waals surface area contributed by atoms with Crippen molar-refractivity contribution in [3.63, 3.8) is 0 Å². The number of primary amides is 1. The molecule has 0 bridgehead atoms. The van der Waals surface area contributed by atoms with Crippen molar-refractivity contribution in [3.8, 4) is 11.5 Å². The first-order valence-corrected chi connectivity index (χ1v) is 11.3. The number of methoxy groups -OCH3 is 1. The molecule has 2 N–H and O–H groups in total. The lowest BCUT2D eigenvalue weighted by atomic mass is 9.99. The van der Waals surface area contributed by atoms with Gasteiger partial charge in [0.25, 0.3) is 5.91 Å². The molecule has 1 amide bonds. The number of amides is 1. The fraction of sp³-hybridized carbons (Fsp3) is 0.542. The highest BCUT2D eigenvalue weighted by molar-refractivity contribution is 5.93. The fourth-order valence-electron chi connectivity index (χ4n) is 4.73. The van der Waals surface area contributed by atoms with Gasteiger partial charge in [-0.2, -0.15) is 0 Å². The number of ether oxygens (including phenoxy) is 2. The maximum atomic E-state index is 11.6. The average Bonchev–Trinajstić information content (AvgIpc) is 3.28. The summed E-state index contributed by atoms with van der Waals surface area (Å²) in [4.78, 5) is 23.1. The highest BCUT2D eigenvalue weighted by Crippen LogP contribution is 2.38. The smallest absolute Gasteiger partial charge is 0.252 e. The number of carbonyl (C=O) groups is 1. The van der Waals surface area contributed by atoms with Crippen LogP contribution in [0.15, 0.2) is 24.4 Å². The van der Waals surface area contributed by atoms with E-state index in [2.05, 4.69) is 20.9 Å². The van der Waals surface area contributed by atoms with E-state index in [-0.39, 0.29) is 12.1 Å². The molecule has 7 nitrogen and oxygen atoms in total. The summed E-state index contributed by atoms with van der Waals surface area (Å²) in [5, 5.41) is 0. The number of nitrogens with two attached hydrogens (primary N) is 1. The van der Waals surface area contributed by atoms with Crippen molar-refractivity contribution < 1.29 is 14.3 Å². The molecule has 1 saturated carbocycles. The number of carbonyl (C=O) groups excluding carboxylic acids is 1. The van der Waals surface area contributed by atoms with E-state index in [0.29, 0.717) is 11.3 Å². The third-order valence-corrected chi connectivity index (χ3v) is 6.42. The minimum absolute atomic E-state index is 0.0971. The van der Waals surface area contributed by atoms with Crippen molar-refractivity contribution in [1.29, 1.82) is 0 Å². The minimum atomic E-state index is -0.491. The molecule has 7 heteroatoms. The number of rotatable bonds is 7. The number of para-hydroxylation sites is 1. The molecule has 2 aromatic rings. The number of hydrogen-bond acceptors (Lipinski definition) is 6. The zero-order valence-electron chi connectivity index (χ0n) is 18.5. The summed E-state index contributed by atoms with van der Waals surface area (Å²) in [7, 11) is 1.70. The Morgan fingerprint density at radius 1 is 1.19 bits per heavy atom. The third kappa shape index (κ3) is 4.82. The Morgan fingerprint density at radius 3 is 2.68 bits per heavy atom. The predicted octanol–water partition coefficient (Wildman–Crippen LogP) is 3.94. The monoisotopic (exact) mass is 424 g/mol. The topological polar surface area (TPSA) is 90.6 Å². The van der Waals surface area contributed by atoms with Gasteiger partial charge in [-0.25, -0.2) is 9.97 Å². The fourth-order valence-corrected chi connectivity index (χ4v) is 4.73. The predicted molar refractivity (Wildman–Crippen MR) is 118 cm³/mol.